The Kier molecular flexibility index (Phi) is 32.1. The largest absolute Gasteiger partial charge is 0.481 e. The van der Waals surface area contributed by atoms with Crippen LogP contribution in [0, 0.1) is 0 Å². The third-order valence-corrected chi connectivity index (χ3v) is 11.5. The van der Waals surface area contributed by atoms with Crippen LogP contribution in [0.5, 0.6) is 0 Å². The molecule has 0 fully saturated rings. The summed E-state index contributed by atoms with van der Waals surface area (Å²) in [7, 11) is 0. The molecule has 0 radical (unpaired) electrons. The fourth-order valence-electron chi connectivity index (χ4n) is 6.97. The van der Waals surface area contributed by atoms with E-state index in [1.54, 1.807) is 30.3 Å². The summed E-state index contributed by atoms with van der Waals surface area (Å²) in [5.41, 5.74) is 21.7. The van der Waals surface area contributed by atoms with Crippen molar-refractivity contribution >= 4 is 88.8 Å². The number of aliphatic imine (C=N–C) groups is 1. The van der Waals surface area contributed by atoms with Crippen molar-refractivity contribution < 1.29 is 92.7 Å². The van der Waals surface area contributed by atoms with Crippen molar-refractivity contribution in [1.29, 1.82) is 0 Å². The summed E-state index contributed by atoms with van der Waals surface area (Å²) in [5.74, 6) is -15.4. The number of hydrogen-bond donors (Lipinski definition) is 20. The molecule has 35 nitrogen and oxygen atoms in total. The van der Waals surface area contributed by atoms with E-state index in [9.17, 15) is 87.5 Å². The molecule has 12 amide bonds. The van der Waals surface area contributed by atoms with E-state index in [4.69, 9.17) is 28.0 Å². The lowest BCUT2D eigenvalue weighted by Gasteiger charge is -2.27. The van der Waals surface area contributed by atoms with Crippen molar-refractivity contribution in [2.24, 2.45) is 27.9 Å². The fraction of sp³-hybridized carbons (Fsp3) is 0.562. The number of guanidine groups is 1. The molecular formula is C48H76N16O19. The second-order valence-electron chi connectivity index (χ2n) is 18.7. The van der Waals surface area contributed by atoms with Crippen LogP contribution < -0.4 is 81.4 Å². The second-order valence-corrected chi connectivity index (χ2v) is 18.7. The molecule has 0 unspecified atom stereocenters. The standard InChI is InChI=1S/C48H76N16O19/c1-22(49)39(74)62-31(21-65)44(79)60-27(13-15-36(72)73)41(76)55-18-33(69)54-19-34(70)59-30(17-26-9-6-5-7-10-26)43(78)64-38(25(4)67)46(81)57-23(2)40(75)63-37(24(3)66)45(80)56-20-35(71)58-28(12-14-32(50)68)42(77)61-29(47(82)83)11-8-16-53-48(51)52/h5-7,9-10,22-25,27-31,37-38,65-67H,8,11-21,49H2,1-4H3,(H2,50,68)(H,54,69)(H,55,76)(H,56,80)(H,57,81)(H,58,71)(H,59,70)(H,60,79)(H,61,77)(H,62,74)(H,63,75)(H,64,78)(H,72,73)(H,82,83)(H4,51,52,53)/t22-,23-,24+,25+,27-,28-,29-,30-,31-,37-,38-/m0/s1. The number of aliphatic carboxylic acids is 2. The van der Waals surface area contributed by atoms with Crippen LogP contribution in [0.2, 0.25) is 0 Å². The highest BCUT2D eigenvalue weighted by Crippen LogP contribution is 2.08. The summed E-state index contributed by atoms with van der Waals surface area (Å²) < 4.78 is 0. The monoisotopic (exact) mass is 1180 g/mol. The molecule has 24 N–H and O–H groups in total. The van der Waals surface area contributed by atoms with Gasteiger partial charge in [0.15, 0.2) is 5.96 Å². The SMILES string of the molecule is C[C@H](N)C(=O)N[C@@H](CO)C(=O)N[C@@H](CCC(=O)O)C(=O)NCC(=O)NCC(=O)N[C@@H](Cc1ccccc1)C(=O)N[C@H](C(=O)N[C@@H](C)C(=O)N[C@H](C(=O)NCC(=O)N[C@@H](CCC(N)=O)C(=O)N[C@@H](CCCN=C(N)N)C(=O)O)[C@@H](C)O)[C@@H](C)O. The zero-order valence-corrected chi connectivity index (χ0v) is 45.9. The van der Waals surface area contributed by atoms with E-state index in [-0.39, 0.29) is 38.2 Å². The number of carboxylic acids is 2. The molecule has 83 heavy (non-hydrogen) atoms. The van der Waals surface area contributed by atoms with E-state index >= 15 is 0 Å². The van der Waals surface area contributed by atoms with Crippen LogP contribution in [0.25, 0.3) is 0 Å². The fourth-order valence-corrected chi connectivity index (χ4v) is 6.97. The number of hydrogen-bond acceptors (Lipinski definition) is 19. The molecule has 0 aliphatic rings. The van der Waals surface area contributed by atoms with E-state index in [2.05, 4.69) is 63.5 Å². The molecule has 1 aromatic rings. The van der Waals surface area contributed by atoms with Gasteiger partial charge in [0.05, 0.1) is 44.5 Å². The van der Waals surface area contributed by atoms with Crippen LogP contribution in [-0.2, 0) is 73.5 Å². The van der Waals surface area contributed by atoms with Gasteiger partial charge in [0.25, 0.3) is 0 Å². The maximum absolute atomic E-state index is 13.8. The minimum absolute atomic E-state index is 0.0366. The highest BCUT2D eigenvalue weighted by atomic mass is 16.4. The minimum Gasteiger partial charge on any atom is -0.481 e. The Hall–Kier alpha value is -9.09. The minimum atomic E-state index is -1.82. The third kappa shape index (κ3) is 28.8. The van der Waals surface area contributed by atoms with E-state index < -0.39 is 195 Å². The maximum atomic E-state index is 13.8. The number of aliphatic hydroxyl groups is 3. The number of aliphatic hydroxyl groups excluding tert-OH is 3. The molecule has 1 rings (SSSR count). The van der Waals surface area contributed by atoms with Crippen molar-refractivity contribution in [2.45, 2.75) is 139 Å². The molecule has 0 saturated carbocycles. The van der Waals surface area contributed by atoms with E-state index in [1.165, 1.54) is 6.92 Å². The Morgan fingerprint density at radius 3 is 1.53 bits per heavy atom. The van der Waals surface area contributed by atoms with Gasteiger partial charge < -0.3 is 107 Å². The molecule has 0 saturated heterocycles. The first kappa shape index (κ1) is 71.9. The van der Waals surface area contributed by atoms with Gasteiger partial charge in [-0.2, -0.15) is 0 Å². The average Bonchev–Trinajstić information content (AvgIpc) is 3.55. The Bertz CT molecular complexity index is 2480. The third-order valence-electron chi connectivity index (χ3n) is 11.5. The average molecular weight is 1180 g/mol. The predicted molar refractivity (Wildman–Crippen MR) is 287 cm³/mol. The lowest BCUT2D eigenvalue weighted by atomic mass is 10.0. The molecule has 0 bridgehead atoms. The van der Waals surface area contributed by atoms with Gasteiger partial charge in [-0.05, 0) is 58.9 Å². The van der Waals surface area contributed by atoms with Gasteiger partial charge in [0.2, 0.25) is 70.9 Å². The summed E-state index contributed by atoms with van der Waals surface area (Å²) in [5, 5.41) is 73.9. The molecule has 0 spiro atoms. The lowest BCUT2D eigenvalue weighted by Crippen LogP contribution is -2.61. The first-order chi connectivity index (χ1) is 38.9. The zero-order chi connectivity index (χ0) is 63.1. The Morgan fingerprint density at radius 1 is 0.506 bits per heavy atom. The number of nitrogens with one attached hydrogen (secondary N) is 11. The smallest absolute Gasteiger partial charge is 0.326 e. The van der Waals surface area contributed by atoms with Crippen molar-refractivity contribution in [3.05, 3.63) is 35.9 Å². The van der Waals surface area contributed by atoms with Gasteiger partial charge >= 0.3 is 11.9 Å². The highest BCUT2D eigenvalue weighted by molar-refractivity contribution is 5.98. The van der Waals surface area contributed by atoms with Gasteiger partial charge in [-0.1, -0.05) is 30.3 Å². The topological polar surface area (TPSA) is 589 Å². The Labute approximate surface area is 474 Å². The van der Waals surface area contributed by atoms with Crippen LogP contribution >= 0.6 is 0 Å². The van der Waals surface area contributed by atoms with Crippen molar-refractivity contribution in [1.82, 2.24) is 58.5 Å². The molecular weight excluding hydrogens is 1100 g/mol. The van der Waals surface area contributed by atoms with Crippen molar-refractivity contribution in [3.63, 3.8) is 0 Å². The number of nitrogens with two attached hydrogens (primary N) is 4. The number of carbonyl (C=O) groups is 14. The number of rotatable bonds is 38. The lowest BCUT2D eigenvalue weighted by molar-refractivity contribution is -0.142. The van der Waals surface area contributed by atoms with E-state index in [1.807, 2.05) is 0 Å². The molecule has 11 atom stereocenters. The number of carbonyl (C=O) groups excluding carboxylic acids is 12. The molecule has 1 aromatic carbocycles. The number of benzene rings is 1. The summed E-state index contributed by atoms with van der Waals surface area (Å²) in [4.78, 5) is 182. The quantitative estimate of drug-likeness (QED) is 0.0166. The van der Waals surface area contributed by atoms with E-state index in [0.717, 1.165) is 20.8 Å². The van der Waals surface area contributed by atoms with Gasteiger partial charge in [-0.3, -0.25) is 67.3 Å². The molecule has 35 heteroatoms. The molecule has 0 aromatic heterocycles. The summed E-state index contributed by atoms with van der Waals surface area (Å²) in [6, 6.07) is -5.87. The molecule has 0 aliphatic heterocycles. The van der Waals surface area contributed by atoms with E-state index in [0.29, 0.717) is 5.56 Å². The Balaban J connectivity index is 3.05. The summed E-state index contributed by atoms with van der Waals surface area (Å²) in [6.45, 7) is 1.21. The first-order valence-corrected chi connectivity index (χ1v) is 25.6. The molecule has 462 valence electrons. The number of primary amides is 1. The van der Waals surface area contributed by atoms with Crippen molar-refractivity contribution in [2.75, 3.05) is 32.8 Å². The van der Waals surface area contributed by atoms with Crippen LogP contribution in [0.1, 0.15) is 71.8 Å². The van der Waals surface area contributed by atoms with Gasteiger partial charge in [0, 0.05) is 25.8 Å². The maximum Gasteiger partial charge on any atom is 0.326 e. The van der Waals surface area contributed by atoms with Gasteiger partial charge in [-0.15, -0.1) is 0 Å². The predicted octanol–water partition coefficient (Wildman–Crippen LogP) is -10.2. The van der Waals surface area contributed by atoms with Crippen LogP contribution in [0.15, 0.2) is 35.3 Å². The number of carboxylic acid groups (broad SMARTS) is 2. The molecule has 0 aliphatic carbocycles. The highest BCUT2D eigenvalue weighted by Gasteiger charge is 2.35. The zero-order valence-electron chi connectivity index (χ0n) is 45.9. The normalized spacial score (nSPS) is 14.7. The van der Waals surface area contributed by atoms with Gasteiger partial charge in [0.1, 0.15) is 48.3 Å². The van der Waals surface area contributed by atoms with Crippen LogP contribution in [0.4, 0.5) is 0 Å². The van der Waals surface area contributed by atoms with Gasteiger partial charge in [-0.25, -0.2) is 4.79 Å². The van der Waals surface area contributed by atoms with Crippen LogP contribution in [0.3, 0.4) is 0 Å². The number of nitrogens with zero attached hydrogens (tertiary/aromatic N) is 1. The summed E-state index contributed by atoms with van der Waals surface area (Å²) in [6.07, 6.45) is -5.50. The number of amides is 12. The Morgan fingerprint density at radius 2 is 0.988 bits per heavy atom. The summed E-state index contributed by atoms with van der Waals surface area (Å²) >= 11 is 0. The first-order valence-electron chi connectivity index (χ1n) is 25.6. The van der Waals surface area contributed by atoms with Crippen molar-refractivity contribution in [3.8, 4) is 0 Å². The van der Waals surface area contributed by atoms with Crippen LogP contribution in [-0.4, -0.2) is 214 Å². The second kappa shape index (κ2) is 37.0. The molecule has 0 heterocycles.